The van der Waals surface area contributed by atoms with Crippen LogP contribution in [0.5, 0.6) is 0 Å². The van der Waals surface area contributed by atoms with Crippen molar-refractivity contribution in [3.8, 4) is 0 Å². The van der Waals surface area contributed by atoms with Crippen LogP contribution in [0.25, 0.3) is 10.4 Å². The molecule has 1 aliphatic rings. The molecule has 11 nitrogen and oxygen atoms in total. The molecule has 0 aliphatic carbocycles. The number of carbonyl (C=O) groups excluding carboxylic acids is 3. The number of rotatable bonds is 5. The zero-order chi connectivity index (χ0) is 17.6. The highest BCUT2D eigenvalue weighted by atomic mass is 16.6. The molecule has 0 saturated carbocycles. The molecule has 1 aliphatic heterocycles. The van der Waals surface area contributed by atoms with Gasteiger partial charge in [0.15, 0.2) is 18.4 Å². The Hall–Kier alpha value is -2.36. The van der Waals surface area contributed by atoms with Crippen LogP contribution >= 0.6 is 0 Å². The van der Waals surface area contributed by atoms with E-state index >= 15 is 0 Å². The number of hydrogen-bond acceptors (Lipinski definition) is 9. The van der Waals surface area contributed by atoms with E-state index in [-0.39, 0.29) is 6.61 Å². The van der Waals surface area contributed by atoms with Crippen molar-refractivity contribution < 1.29 is 38.4 Å². The van der Waals surface area contributed by atoms with Gasteiger partial charge in [-0.1, -0.05) is 5.11 Å². The zero-order valence-corrected chi connectivity index (χ0v) is 12.7. The molecule has 0 aromatic heterocycles. The Morgan fingerprint density at radius 1 is 1.13 bits per heavy atom. The number of esters is 3. The van der Waals surface area contributed by atoms with Gasteiger partial charge in [-0.05, 0) is 5.53 Å². The number of carbonyl (C=O) groups is 3. The van der Waals surface area contributed by atoms with Crippen LogP contribution in [0.1, 0.15) is 20.8 Å². The van der Waals surface area contributed by atoms with Crippen LogP contribution in [-0.2, 0) is 33.3 Å². The van der Waals surface area contributed by atoms with Crippen LogP contribution in [0.2, 0.25) is 0 Å². The Balaban J connectivity index is 3.06. The molecule has 0 bridgehead atoms. The molecule has 0 spiro atoms. The first-order valence-corrected chi connectivity index (χ1v) is 6.61. The first-order valence-electron chi connectivity index (χ1n) is 6.61. The smallest absolute Gasteiger partial charge is 0.303 e. The standard InChI is InChI=1S/C12H17N3O8/c1-5(16)20-4-8-9(19)10(21-6(2)17)11(22-7(3)18)12(23-8)14-15-13/h8-12,19H,4H2,1-3H3/t8-,9-,10+,11-,12-/m1/s1. The minimum absolute atomic E-state index is 0.363. The van der Waals surface area contributed by atoms with Gasteiger partial charge >= 0.3 is 17.9 Å². The molecule has 1 N–H and O–H groups in total. The van der Waals surface area contributed by atoms with Crippen molar-refractivity contribution in [1.82, 2.24) is 0 Å². The molecule has 1 rings (SSSR count). The molecule has 11 heteroatoms. The summed E-state index contributed by atoms with van der Waals surface area (Å²) in [6.07, 6.45) is -6.65. The number of nitrogens with zero attached hydrogens (tertiary/aromatic N) is 3. The van der Waals surface area contributed by atoms with Crippen molar-refractivity contribution in [3.05, 3.63) is 10.4 Å². The van der Waals surface area contributed by atoms with Crippen molar-refractivity contribution in [2.75, 3.05) is 6.61 Å². The maximum atomic E-state index is 11.2. The van der Waals surface area contributed by atoms with E-state index in [9.17, 15) is 19.5 Å². The Kier molecular flexibility index (Phi) is 6.76. The lowest BCUT2D eigenvalue weighted by molar-refractivity contribution is -0.245. The van der Waals surface area contributed by atoms with Gasteiger partial charge in [0, 0.05) is 25.7 Å². The summed E-state index contributed by atoms with van der Waals surface area (Å²) in [5.41, 5.74) is 8.59. The fraction of sp³-hybridized carbons (Fsp3) is 0.750. The number of ether oxygens (including phenoxy) is 4. The summed E-state index contributed by atoms with van der Waals surface area (Å²) in [7, 11) is 0. The minimum Gasteiger partial charge on any atom is -0.463 e. The van der Waals surface area contributed by atoms with Gasteiger partial charge in [-0.3, -0.25) is 14.4 Å². The summed E-state index contributed by atoms with van der Waals surface area (Å²) < 4.78 is 19.9. The van der Waals surface area contributed by atoms with E-state index < -0.39 is 48.6 Å². The highest BCUT2D eigenvalue weighted by Gasteiger charge is 2.49. The highest BCUT2D eigenvalue weighted by Crippen LogP contribution is 2.27. The molecule has 5 atom stereocenters. The van der Waals surface area contributed by atoms with Gasteiger partial charge in [0.25, 0.3) is 0 Å². The second-order valence-electron chi connectivity index (χ2n) is 4.71. The van der Waals surface area contributed by atoms with Crippen molar-refractivity contribution in [2.24, 2.45) is 5.11 Å². The molecule has 0 radical (unpaired) electrons. The summed E-state index contributed by atoms with van der Waals surface area (Å²) in [5.74, 6) is -2.12. The third-order valence-corrected chi connectivity index (χ3v) is 2.86. The summed E-state index contributed by atoms with van der Waals surface area (Å²) >= 11 is 0. The Morgan fingerprint density at radius 2 is 1.70 bits per heavy atom. The van der Waals surface area contributed by atoms with E-state index in [0.717, 1.165) is 20.8 Å². The number of azide groups is 1. The predicted octanol–water partition coefficient (Wildman–Crippen LogP) is -0.191. The van der Waals surface area contributed by atoms with Crippen molar-refractivity contribution >= 4 is 17.9 Å². The van der Waals surface area contributed by atoms with Crippen LogP contribution < -0.4 is 0 Å². The van der Waals surface area contributed by atoms with Gasteiger partial charge in [-0.25, -0.2) is 0 Å². The van der Waals surface area contributed by atoms with E-state index in [1.165, 1.54) is 0 Å². The van der Waals surface area contributed by atoms with E-state index in [1.807, 2.05) is 0 Å². The molecular formula is C12H17N3O8. The topological polar surface area (TPSA) is 157 Å². The molecular weight excluding hydrogens is 314 g/mol. The van der Waals surface area contributed by atoms with Gasteiger partial charge in [-0.2, -0.15) is 0 Å². The molecule has 0 aromatic carbocycles. The van der Waals surface area contributed by atoms with Crippen molar-refractivity contribution in [3.63, 3.8) is 0 Å². The fourth-order valence-corrected chi connectivity index (χ4v) is 2.03. The molecule has 0 amide bonds. The molecule has 1 fully saturated rings. The lowest BCUT2D eigenvalue weighted by Crippen LogP contribution is -2.60. The highest BCUT2D eigenvalue weighted by molar-refractivity contribution is 5.67. The summed E-state index contributed by atoms with van der Waals surface area (Å²) in [5, 5.41) is 13.6. The average molecular weight is 331 g/mol. The first-order chi connectivity index (χ1) is 10.8. The largest absolute Gasteiger partial charge is 0.463 e. The molecule has 1 heterocycles. The Morgan fingerprint density at radius 3 is 2.17 bits per heavy atom. The third-order valence-electron chi connectivity index (χ3n) is 2.86. The normalized spacial score (nSPS) is 29.8. The molecule has 1 saturated heterocycles. The van der Waals surface area contributed by atoms with Gasteiger partial charge in [0.2, 0.25) is 0 Å². The van der Waals surface area contributed by atoms with Crippen LogP contribution in [0, 0.1) is 0 Å². The van der Waals surface area contributed by atoms with Gasteiger partial charge in [0.1, 0.15) is 18.8 Å². The lowest BCUT2D eigenvalue weighted by Gasteiger charge is -2.41. The summed E-state index contributed by atoms with van der Waals surface area (Å²) in [6.45, 7) is 2.98. The minimum atomic E-state index is -1.47. The van der Waals surface area contributed by atoms with Gasteiger partial charge in [-0.15, -0.1) is 0 Å². The third kappa shape index (κ3) is 5.40. The number of aliphatic hydroxyl groups excluding tert-OH is 1. The SMILES string of the molecule is CC(=O)OC[C@H]1O[C@@H](N=[N+]=[N-])[C@H](OC(C)=O)[C@@H](OC(C)=O)[C@@H]1O. The maximum Gasteiger partial charge on any atom is 0.303 e. The van der Waals surface area contributed by atoms with Gasteiger partial charge < -0.3 is 24.1 Å². The van der Waals surface area contributed by atoms with E-state index in [1.54, 1.807) is 0 Å². The Labute approximate surface area is 131 Å². The van der Waals surface area contributed by atoms with Crippen LogP contribution in [0.4, 0.5) is 0 Å². The average Bonchev–Trinajstić information content (AvgIpc) is 2.43. The monoisotopic (exact) mass is 331 g/mol. The van der Waals surface area contributed by atoms with Gasteiger partial charge in [0.05, 0.1) is 0 Å². The van der Waals surface area contributed by atoms with Crippen LogP contribution in [-0.4, -0.2) is 60.3 Å². The summed E-state index contributed by atoms with van der Waals surface area (Å²) in [4.78, 5) is 35.9. The Bertz CT molecular complexity index is 518. The maximum absolute atomic E-state index is 11.2. The number of aliphatic hydroxyl groups is 1. The molecule has 23 heavy (non-hydrogen) atoms. The van der Waals surface area contributed by atoms with Crippen molar-refractivity contribution in [2.45, 2.75) is 51.4 Å². The second-order valence-corrected chi connectivity index (χ2v) is 4.71. The predicted molar refractivity (Wildman–Crippen MR) is 71.6 cm³/mol. The van der Waals surface area contributed by atoms with E-state index in [2.05, 4.69) is 10.0 Å². The molecule has 128 valence electrons. The lowest BCUT2D eigenvalue weighted by atomic mass is 9.98. The van der Waals surface area contributed by atoms with E-state index in [4.69, 9.17) is 24.5 Å². The van der Waals surface area contributed by atoms with E-state index in [0.29, 0.717) is 0 Å². The van der Waals surface area contributed by atoms with Crippen LogP contribution in [0.15, 0.2) is 5.11 Å². The zero-order valence-electron chi connectivity index (χ0n) is 12.7. The fourth-order valence-electron chi connectivity index (χ4n) is 2.03. The molecule has 0 unspecified atom stereocenters. The van der Waals surface area contributed by atoms with Crippen molar-refractivity contribution in [1.29, 1.82) is 0 Å². The van der Waals surface area contributed by atoms with Crippen LogP contribution in [0.3, 0.4) is 0 Å². The second kappa shape index (κ2) is 8.32. The quantitative estimate of drug-likeness (QED) is 0.239. The first kappa shape index (κ1) is 18.7. The number of hydrogen-bond donors (Lipinski definition) is 1. The molecule has 0 aromatic rings. The summed E-state index contributed by atoms with van der Waals surface area (Å²) in [6, 6.07) is 0.